The predicted octanol–water partition coefficient (Wildman–Crippen LogP) is 0.337. The summed E-state index contributed by atoms with van der Waals surface area (Å²) in [7, 11) is -0.670. The molecule has 5 nitrogen and oxygen atoms in total. The van der Waals surface area contributed by atoms with Gasteiger partial charge in [-0.25, -0.2) is 13.1 Å². The molecule has 1 rings (SSSR count). The van der Waals surface area contributed by atoms with Gasteiger partial charge in [-0.1, -0.05) is 11.8 Å². The van der Waals surface area contributed by atoms with Crippen molar-refractivity contribution in [2.75, 3.05) is 20.8 Å². The van der Waals surface area contributed by atoms with Crippen molar-refractivity contribution in [3.05, 3.63) is 23.8 Å². The Morgan fingerprint density at radius 2 is 2.17 bits per heavy atom. The van der Waals surface area contributed by atoms with Crippen LogP contribution in [0.4, 0.5) is 0 Å². The lowest BCUT2D eigenvalue weighted by molar-refractivity contribution is 0.305. The van der Waals surface area contributed by atoms with E-state index in [0.717, 1.165) is 0 Å². The topological polar surface area (TPSA) is 75.6 Å². The zero-order chi connectivity index (χ0) is 13.6. The lowest BCUT2D eigenvalue weighted by Crippen LogP contribution is -2.18. The lowest BCUT2D eigenvalue weighted by atomic mass is 10.2. The molecule has 0 spiro atoms. The molecule has 0 aliphatic carbocycles. The van der Waals surface area contributed by atoms with Crippen molar-refractivity contribution >= 4 is 10.0 Å². The highest BCUT2D eigenvalue weighted by atomic mass is 32.2. The Hall–Kier alpha value is -1.55. The minimum absolute atomic E-state index is 0.0379. The van der Waals surface area contributed by atoms with Gasteiger partial charge in [-0.15, -0.1) is 0 Å². The number of aliphatic hydroxyl groups excluding tert-OH is 1. The van der Waals surface area contributed by atoms with Gasteiger partial charge in [0, 0.05) is 6.42 Å². The average Bonchev–Trinajstić information content (AvgIpc) is 2.39. The first kappa shape index (κ1) is 14.5. The van der Waals surface area contributed by atoms with Gasteiger partial charge in [0.2, 0.25) is 10.0 Å². The van der Waals surface area contributed by atoms with E-state index in [1.807, 2.05) is 0 Å². The van der Waals surface area contributed by atoms with Gasteiger partial charge in [0.05, 0.1) is 24.2 Å². The zero-order valence-electron chi connectivity index (χ0n) is 10.2. The normalized spacial score (nSPS) is 10.6. The number of rotatable bonds is 4. The third kappa shape index (κ3) is 3.47. The summed E-state index contributed by atoms with van der Waals surface area (Å²) < 4.78 is 30.6. The maximum atomic E-state index is 11.6. The number of benzene rings is 1. The van der Waals surface area contributed by atoms with Crippen LogP contribution in [0.25, 0.3) is 0 Å². The highest BCUT2D eigenvalue weighted by Crippen LogP contribution is 2.21. The zero-order valence-corrected chi connectivity index (χ0v) is 11.0. The Morgan fingerprint density at radius 3 is 2.72 bits per heavy atom. The van der Waals surface area contributed by atoms with E-state index in [-0.39, 0.29) is 11.5 Å². The van der Waals surface area contributed by atoms with Crippen LogP contribution < -0.4 is 9.46 Å². The molecule has 2 N–H and O–H groups in total. The van der Waals surface area contributed by atoms with E-state index >= 15 is 0 Å². The van der Waals surface area contributed by atoms with E-state index < -0.39 is 10.0 Å². The molecule has 98 valence electrons. The molecule has 18 heavy (non-hydrogen) atoms. The summed E-state index contributed by atoms with van der Waals surface area (Å²) in [4.78, 5) is 0.124. The molecule has 0 heterocycles. The van der Waals surface area contributed by atoms with Crippen LogP contribution in [0.3, 0.4) is 0 Å². The van der Waals surface area contributed by atoms with Gasteiger partial charge < -0.3 is 9.84 Å². The largest absolute Gasteiger partial charge is 0.495 e. The molecule has 0 fully saturated rings. The standard InChI is InChI=1S/C12H15NO4S/c1-13-18(15,16)11-6-7-12(17-2)10(9-11)5-3-4-8-14/h6-7,9,13-14H,4,8H2,1-2H3. The van der Waals surface area contributed by atoms with E-state index in [9.17, 15) is 8.42 Å². The van der Waals surface area contributed by atoms with Gasteiger partial charge in [-0.3, -0.25) is 0 Å². The van der Waals surface area contributed by atoms with E-state index in [4.69, 9.17) is 9.84 Å². The molecule has 0 atom stereocenters. The molecule has 0 aromatic heterocycles. The summed E-state index contributed by atoms with van der Waals surface area (Å²) in [6.45, 7) is -0.0379. The van der Waals surface area contributed by atoms with Crippen molar-refractivity contribution < 1.29 is 18.3 Å². The van der Waals surface area contributed by atoms with Crippen molar-refractivity contribution in [1.82, 2.24) is 4.72 Å². The van der Waals surface area contributed by atoms with Crippen LogP contribution >= 0.6 is 0 Å². The van der Waals surface area contributed by atoms with Crippen molar-refractivity contribution in [2.45, 2.75) is 11.3 Å². The van der Waals surface area contributed by atoms with E-state index in [0.29, 0.717) is 17.7 Å². The summed E-state index contributed by atoms with van der Waals surface area (Å²) >= 11 is 0. The van der Waals surface area contributed by atoms with Crippen molar-refractivity contribution in [3.63, 3.8) is 0 Å². The molecule has 1 aromatic carbocycles. The SMILES string of the molecule is CNS(=O)(=O)c1ccc(OC)c(C#CCCO)c1. The molecule has 0 unspecified atom stereocenters. The maximum absolute atomic E-state index is 11.6. The van der Waals surface area contributed by atoms with Gasteiger partial charge in [-0.05, 0) is 25.2 Å². The summed E-state index contributed by atoms with van der Waals surface area (Å²) in [6, 6.07) is 4.43. The molecule has 1 aromatic rings. The minimum atomic E-state index is -3.50. The summed E-state index contributed by atoms with van der Waals surface area (Å²) in [5.41, 5.74) is 0.474. The van der Waals surface area contributed by atoms with Crippen molar-refractivity contribution in [3.8, 4) is 17.6 Å². The molecule has 0 aliphatic rings. The molecule has 0 radical (unpaired) electrons. The van der Waals surface area contributed by atoms with E-state index in [1.165, 1.54) is 26.3 Å². The quantitative estimate of drug-likeness (QED) is 0.773. The monoisotopic (exact) mass is 269 g/mol. The molecule has 0 saturated carbocycles. The van der Waals surface area contributed by atoms with E-state index in [2.05, 4.69) is 16.6 Å². The molecule has 0 saturated heterocycles. The van der Waals surface area contributed by atoms with Crippen LogP contribution in [-0.4, -0.2) is 34.3 Å². The second-order valence-corrected chi connectivity index (χ2v) is 5.23. The molecule has 0 aliphatic heterocycles. The van der Waals surface area contributed by atoms with Gasteiger partial charge in [0.15, 0.2) is 0 Å². The second-order valence-electron chi connectivity index (χ2n) is 3.35. The number of aliphatic hydroxyl groups is 1. The molecular formula is C12H15NO4S. The summed E-state index contributed by atoms with van der Waals surface area (Å²) in [5, 5.41) is 8.65. The minimum Gasteiger partial charge on any atom is -0.495 e. The fourth-order valence-electron chi connectivity index (χ4n) is 1.28. The van der Waals surface area contributed by atoms with Gasteiger partial charge in [0.1, 0.15) is 5.75 Å². The number of hydrogen-bond donors (Lipinski definition) is 2. The van der Waals surface area contributed by atoms with Crippen LogP contribution in [0.5, 0.6) is 5.75 Å². The fourth-order valence-corrected chi connectivity index (χ4v) is 2.04. The Balaban J connectivity index is 3.23. The number of ether oxygens (including phenoxy) is 1. The van der Waals surface area contributed by atoms with Gasteiger partial charge >= 0.3 is 0 Å². The number of methoxy groups -OCH3 is 1. The summed E-state index contributed by atoms with van der Waals surface area (Å²) in [5.74, 6) is 6.00. The fraction of sp³-hybridized carbons (Fsp3) is 0.333. The summed E-state index contributed by atoms with van der Waals surface area (Å²) in [6.07, 6.45) is 0.326. The Kier molecular flexibility index (Phi) is 5.16. The number of nitrogens with one attached hydrogen (secondary N) is 1. The molecule has 0 amide bonds. The molecule has 0 bridgehead atoms. The lowest BCUT2D eigenvalue weighted by Gasteiger charge is -2.06. The third-order valence-electron chi connectivity index (χ3n) is 2.21. The first-order valence-corrected chi connectivity index (χ1v) is 6.74. The average molecular weight is 269 g/mol. The molecular weight excluding hydrogens is 254 g/mol. The predicted molar refractivity (Wildman–Crippen MR) is 67.8 cm³/mol. The molecule has 6 heteroatoms. The third-order valence-corrected chi connectivity index (χ3v) is 3.62. The van der Waals surface area contributed by atoms with Crippen LogP contribution in [0.2, 0.25) is 0 Å². The first-order chi connectivity index (χ1) is 8.55. The first-order valence-electron chi connectivity index (χ1n) is 5.26. The highest BCUT2D eigenvalue weighted by molar-refractivity contribution is 7.89. The van der Waals surface area contributed by atoms with Gasteiger partial charge in [-0.2, -0.15) is 0 Å². The van der Waals surface area contributed by atoms with Gasteiger partial charge in [0.25, 0.3) is 0 Å². The van der Waals surface area contributed by atoms with E-state index in [1.54, 1.807) is 6.07 Å². The smallest absolute Gasteiger partial charge is 0.240 e. The second kappa shape index (κ2) is 6.40. The van der Waals surface area contributed by atoms with Crippen LogP contribution in [0.15, 0.2) is 23.1 Å². The van der Waals surface area contributed by atoms with Crippen LogP contribution in [0, 0.1) is 11.8 Å². The van der Waals surface area contributed by atoms with Crippen molar-refractivity contribution in [1.29, 1.82) is 0 Å². The Morgan fingerprint density at radius 1 is 1.44 bits per heavy atom. The van der Waals surface area contributed by atoms with Crippen LogP contribution in [-0.2, 0) is 10.0 Å². The van der Waals surface area contributed by atoms with Crippen LogP contribution in [0.1, 0.15) is 12.0 Å². The number of hydrogen-bond acceptors (Lipinski definition) is 4. The number of sulfonamides is 1. The highest BCUT2D eigenvalue weighted by Gasteiger charge is 2.13. The Labute approximate surface area is 107 Å². The Bertz CT molecular complexity index is 569. The maximum Gasteiger partial charge on any atom is 0.240 e. The van der Waals surface area contributed by atoms with Crippen molar-refractivity contribution in [2.24, 2.45) is 0 Å².